The van der Waals surface area contributed by atoms with E-state index in [1.54, 1.807) is 0 Å². The van der Waals surface area contributed by atoms with Gasteiger partial charge in [-0.05, 0) is 49.5 Å². The Labute approximate surface area is 210 Å². The Morgan fingerprint density at radius 3 is 2.09 bits per heavy atom. The Bertz CT molecular complexity index is 1020. The van der Waals surface area contributed by atoms with Gasteiger partial charge in [0.1, 0.15) is 13.2 Å². The maximum absolute atomic E-state index is 6.85. The second kappa shape index (κ2) is 11.6. The minimum atomic E-state index is -1.78. The van der Waals surface area contributed by atoms with Crippen LogP contribution in [-0.4, -0.2) is 42.2 Å². The van der Waals surface area contributed by atoms with Crippen LogP contribution in [0.2, 0.25) is 23.3 Å². The van der Waals surface area contributed by atoms with Gasteiger partial charge in [0.05, 0.1) is 6.61 Å². The van der Waals surface area contributed by atoms with E-state index in [0.29, 0.717) is 23.7 Å². The molecule has 0 amide bonds. The van der Waals surface area contributed by atoms with Crippen LogP contribution in [0.3, 0.4) is 0 Å². The summed E-state index contributed by atoms with van der Waals surface area (Å²) >= 11 is 6.85. The third kappa shape index (κ3) is 5.42. The fourth-order valence-electron chi connectivity index (χ4n) is 5.34. The smallest absolute Gasteiger partial charge is 0.302 e. The van der Waals surface area contributed by atoms with Gasteiger partial charge in [-0.25, -0.2) is 0 Å². The molecule has 0 aliphatic carbocycles. The van der Waals surface area contributed by atoms with Crippen molar-refractivity contribution in [2.45, 2.75) is 58.3 Å². The highest BCUT2D eigenvalue weighted by Crippen LogP contribution is 2.30. The zero-order chi connectivity index (χ0) is 24.0. The van der Waals surface area contributed by atoms with E-state index in [2.05, 4.69) is 90.9 Å². The van der Waals surface area contributed by atoms with Gasteiger partial charge in [-0.3, -0.25) is 9.47 Å². The van der Waals surface area contributed by atoms with Crippen LogP contribution in [0.5, 0.6) is 6.01 Å². The number of para-hydroxylation sites is 1. The van der Waals surface area contributed by atoms with E-state index in [4.69, 9.17) is 21.3 Å². The third-order valence-corrected chi connectivity index (χ3v) is 13.7. The molecule has 0 saturated carbocycles. The molecule has 0 radical (unpaired) electrons. The van der Waals surface area contributed by atoms with Crippen LogP contribution in [0.25, 0.3) is 5.69 Å². The van der Waals surface area contributed by atoms with E-state index in [0.717, 1.165) is 56.3 Å². The van der Waals surface area contributed by atoms with Crippen LogP contribution < -0.4 is 10.1 Å². The molecule has 0 bridgehead atoms. The van der Waals surface area contributed by atoms with E-state index in [-0.39, 0.29) is 0 Å². The Morgan fingerprint density at radius 2 is 1.50 bits per heavy atom. The van der Waals surface area contributed by atoms with Gasteiger partial charge >= 0.3 is 6.01 Å². The van der Waals surface area contributed by atoms with Gasteiger partial charge in [-0.15, -0.1) is 0 Å². The number of ether oxygens (including phenoxy) is 1. The van der Waals surface area contributed by atoms with Crippen molar-refractivity contribution in [2.24, 2.45) is 5.92 Å². The number of hydrogen-bond acceptors (Lipinski definition) is 3. The van der Waals surface area contributed by atoms with E-state index in [1.165, 1.54) is 10.9 Å². The normalized spacial score (nSPS) is 15.5. The maximum atomic E-state index is 6.85. The number of rotatable bonds is 10. The molecule has 4 nitrogen and oxygen atoms in total. The zero-order valence-electron chi connectivity index (χ0n) is 20.8. The summed E-state index contributed by atoms with van der Waals surface area (Å²) in [4.78, 5) is 7.33. The van der Waals surface area contributed by atoms with Gasteiger partial charge in [0.25, 0.3) is 0 Å². The standard InChI is InChI=1S/C28H38ClN3OSi/c1-4-34(5-2,6-3)27-26(29)30-28(32(27)25-15-11-8-12-16-25)33-22-24-17-19-31(20-18-24)21-23-13-9-7-10-14-23/h7-16,24H,4-6,17-22H2,1-3H3. The molecule has 1 aromatic heterocycles. The molecule has 0 spiro atoms. The average molecular weight is 496 g/mol. The van der Waals surface area contributed by atoms with Gasteiger partial charge in [0.15, 0.2) is 0 Å². The molecule has 4 rings (SSSR count). The molecule has 1 fully saturated rings. The number of imidazole rings is 1. The largest absolute Gasteiger partial charge is 0.464 e. The molecule has 182 valence electrons. The molecule has 2 aromatic carbocycles. The minimum absolute atomic E-state index is 0.542. The van der Waals surface area contributed by atoms with E-state index >= 15 is 0 Å². The van der Waals surface area contributed by atoms with Crippen molar-refractivity contribution < 1.29 is 4.74 Å². The van der Waals surface area contributed by atoms with Crippen molar-refractivity contribution in [2.75, 3.05) is 19.7 Å². The summed E-state index contributed by atoms with van der Waals surface area (Å²) in [6, 6.07) is 25.3. The summed E-state index contributed by atoms with van der Waals surface area (Å²) in [5.74, 6) is 0.542. The molecular weight excluding hydrogens is 458 g/mol. The van der Waals surface area contributed by atoms with Crippen LogP contribution in [0.1, 0.15) is 39.2 Å². The average Bonchev–Trinajstić information content (AvgIpc) is 3.23. The van der Waals surface area contributed by atoms with Crippen LogP contribution in [0, 0.1) is 5.92 Å². The molecular formula is C28H38ClN3OSi. The van der Waals surface area contributed by atoms with Crippen molar-refractivity contribution >= 4 is 25.0 Å². The molecule has 34 heavy (non-hydrogen) atoms. The van der Waals surface area contributed by atoms with Gasteiger partial charge in [0, 0.05) is 17.5 Å². The Kier molecular flexibility index (Phi) is 8.51. The predicted octanol–water partition coefficient (Wildman–Crippen LogP) is 6.53. The Morgan fingerprint density at radius 1 is 0.912 bits per heavy atom. The summed E-state index contributed by atoms with van der Waals surface area (Å²) in [5.41, 5.74) is 2.48. The molecule has 3 aromatic rings. The summed E-state index contributed by atoms with van der Waals surface area (Å²) in [6.07, 6.45) is 2.30. The lowest BCUT2D eigenvalue weighted by molar-refractivity contribution is 0.131. The van der Waals surface area contributed by atoms with Crippen molar-refractivity contribution in [3.8, 4) is 11.7 Å². The highest BCUT2D eigenvalue weighted by atomic mass is 35.5. The number of nitrogens with zero attached hydrogens (tertiary/aromatic N) is 3. The predicted molar refractivity (Wildman–Crippen MR) is 145 cm³/mol. The highest BCUT2D eigenvalue weighted by molar-refractivity contribution is 6.92. The first kappa shape index (κ1) is 25.0. The lowest BCUT2D eigenvalue weighted by Gasteiger charge is -2.32. The van der Waals surface area contributed by atoms with Crippen LogP contribution >= 0.6 is 11.6 Å². The van der Waals surface area contributed by atoms with Crippen LogP contribution in [0.4, 0.5) is 0 Å². The first-order valence-corrected chi connectivity index (χ1v) is 15.8. The molecule has 1 aliphatic rings. The molecule has 1 aliphatic heterocycles. The van der Waals surface area contributed by atoms with Crippen molar-refractivity contribution in [1.29, 1.82) is 0 Å². The van der Waals surface area contributed by atoms with E-state index in [1.807, 2.05) is 0 Å². The topological polar surface area (TPSA) is 30.3 Å². The lowest BCUT2D eigenvalue weighted by Crippen LogP contribution is -2.50. The van der Waals surface area contributed by atoms with Gasteiger partial charge in [0.2, 0.25) is 0 Å². The van der Waals surface area contributed by atoms with Gasteiger partial charge in [-0.1, -0.05) is 99.0 Å². The summed E-state index contributed by atoms with van der Waals surface area (Å²) in [7, 11) is -1.78. The van der Waals surface area contributed by atoms with E-state index in [9.17, 15) is 0 Å². The molecule has 1 saturated heterocycles. The SMILES string of the molecule is CC[Si](CC)(CC)c1c(Cl)nc(OCC2CCN(Cc3ccccc3)CC2)n1-c1ccccc1. The molecule has 0 N–H and O–H groups in total. The number of hydrogen-bond donors (Lipinski definition) is 0. The summed E-state index contributed by atoms with van der Waals surface area (Å²) in [6.45, 7) is 10.9. The molecule has 2 heterocycles. The number of aromatic nitrogens is 2. The van der Waals surface area contributed by atoms with Crippen LogP contribution in [0.15, 0.2) is 60.7 Å². The van der Waals surface area contributed by atoms with Gasteiger partial charge in [-0.2, -0.15) is 4.98 Å². The zero-order valence-corrected chi connectivity index (χ0v) is 22.6. The van der Waals surface area contributed by atoms with E-state index < -0.39 is 8.07 Å². The first-order valence-electron chi connectivity index (χ1n) is 12.8. The maximum Gasteiger partial charge on any atom is 0.302 e. The number of piperidine rings is 1. The highest BCUT2D eigenvalue weighted by Gasteiger charge is 2.37. The molecule has 6 heteroatoms. The molecule has 0 atom stereocenters. The third-order valence-electron chi connectivity index (χ3n) is 7.76. The summed E-state index contributed by atoms with van der Waals surface area (Å²) in [5, 5.41) is 1.86. The van der Waals surface area contributed by atoms with Crippen molar-refractivity contribution in [3.05, 3.63) is 71.4 Å². The fourth-order valence-corrected chi connectivity index (χ4v) is 9.80. The first-order chi connectivity index (χ1) is 16.6. The second-order valence-corrected chi connectivity index (χ2v) is 15.1. The second-order valence-electron chi connectivity index (χ2n) is 9.56. The monoisotopic (exact) mass is 495 g/mol. The Balaban J connectivity index is 1.49. The number of likely N-dealkylation sites (tertiary alicyclic amines) is 1. The van der Waals surface area contributed by atoms with Crippen LogP contribution in [-0.2, 0) is 6.54 Å². The fraction of sp³-hybridized carbons (Fsp3) is 0.464. The van der Waals surface area contributed by atoms with Gasteiger partial charge < -0.3 is 4.74 Å². The quantitative estimate of drug-likeness (QED) is 0.299. The number of halogens is 1. The Hall–Kier alpha value is -2.08. The molecule has 0 unspecified atom stereocenters. The minimum Gasteiger partial charge on any atom is -0.464 e. The lowest BCUT2D eigenvalue weighted by atomic mass is 9.97. The van der Waals surface area contributed by atoms with Crippen molar-refractivity contribution in [3.63, 3.8) is 0 Å². The summed E-state index contributed by atoms with van der Waals surface area (Å²) < 4.78 is 8.68. The number of benzene rings is 2. The van der Waals surface area contributed by atoms with Crippen molar-refractivity contribution in [1.82, 2.24) is 14.5 Å².